The normalized spacial score (nSPS) is 11.8. The molecule has 0 aromatic heterocycles. The predicted octanol–water partition coefficient (Wildman–Crippen LogP) is 6.62. The molecule has 0 fully saturated rings. The summed E-state index contributed by atoms with van der Waals surface area (Å²) in [5, 5.41) is 5.89. The third-order valence-electron chi connectivity index (χ3n) is 5.47. The van der Waals surface area contributed by atoms with E-state index in [1.165, 1.54) is 4.90 Å². The van der Waals surface area contributed by atoms with Crippen LogP contribution in [0.2, 0.25) is 10.0 Å². The number of hydrogen-bond donors (Lipinski definition) is 1. The Hall–Kier alpha value is -2.28. The molecule has 0 aliphatic rings. The van der Waals surface area contributed by atoms with Crippen LogP contribution >= 0.6 is 39.1 Å². The lowest BCUT2D eigenvalue weighted by Crippen LogP contribution is -2.50. The summed E-state index contributed by atoms with van der Waals surface area (Å²) in [4.78, 5) is 27.8. The molecule has 0 unspecified atom stereocenters. The fourth-order valence-corrected chi connectivity index (χ4v) is 4.74. The minimum absolute atomic E-state index is 0.162. The Kier molecular flexibility index (Phi) is 9.63. The summed E-state index contributed by atoms with van der Waals surface area (Å²) >= 11 is 16.0. The number of rotatable bonds is 10. The summed E-state index contributed by atoms with van der Waals surface area (Å²) in [6.45, 7) is 4.34. The van der Waals surface area contributed by atoms with Gasteiger partial charge in [0.05, 0.1) is 4.47 Å². The lowest BCUT2D eigenvalue weighted by molar-refractivity contribution is -0.143. The van der Waals surface area contributed by atoms with Gasteiger partial charge in [0.25, 0.3) is 5.91 Å². The number of ether oxygens (including phenoxy) is 1. The van der Waals surface area contributed by atoms with E-state index in [9.17, 15) is 9.59 Å². The summed E-state index contributed by atoms with van der Waals surface area (Å²) in [7, 11) is 0. The zero-order valence-electron chi connectivity index (χ0n) is 19.1. The smallest absolute Gasteiger partial charge is 0.261 e. The van der Waals surface area contributed by atoms with Crippen LogP contribution in [0.15, 0.2) is 59.1 Å². The van der Waals surface area contributed by atoms with Gasteiger partial charge in [0.15, 0.2) is 6.61 Å². The average molecular weight is 566 g/mol. The standard InChI is InChI=1S/C26H27BrCl2N2O3/c1-3-13-30-26(33)22(4-2)31(15-18-9-11-19(28)14-21(18)29)24(32)16-34-23-12-10-17-7-5-6-8-20(17)25(23)27/h5-12,14,22H,3-4,13,15-16H2,1-2H3,(H,30,33)/t22-/m0/s1. The van der Waals surface area contributed by atoms with E-state index in [-0.39, 0.29) is 25.0 Å². The van der Waals surface area contributed by atoms with E-state index in [0.29, 0.717) is 34.3 Å². The van der Waals surface area contributed by atoms with Crippen molar-refractivity contribution in [1.82, 2.24) is 10.2 Å². The number of nitrogens with zero attached hydrogens (tertiary/aromatic N) is 1. The highest BCUT2D eigenvalue weighted by Gasteiger charge is 2.29. The maximum Gasteiger partial charge on any atom is 0.261 e. The largest absolute Gasteiger partial charge is 0.483 e. The number of benzene rings is 3. The number of carbonyl (C=O) groups is 2. The Labute approximate surface area is 218 Å². The molecule has 3 aromatic rings. The van der Waals surface area contributed by atoms with Crippen molar-refractivity contribution in [2.75, 3.05) is 13.2 Å². The molecule has 5 nitrogen and oxygen atoms in total. The molecular weight excluding hydrogens is 539 g/mol. The van der Waals surface area contributed by atoms with Crippen molar-refractivity contribution in [3.63, 3.8) is 0 Å². The molecule has 8 heteroatoms. The molecule has 0 bridgehead atoms. The van der Waals surface area contributed by atoms with E-state index in [1.807, 2.05) is 50.2 Å². The van der Waals surface area contributed by atoms with Crippen LogP contribution in [0, 0.1) is 0 Å². The van der Waals surface area contributed by atoms with E-state index >= 15 is 0 Å². The molecule has 0 heterocycles. The first-order chi connectivity index (χ1) is 16.3. The third-order valence-corrected chi connectivity index (χ3v) is 6.87. The van der Waals surface area contributed by atoms with Gasteiger partial charge in [0.1, 0.15) is 11.8 Å². The van der Waals surface area contributed by atoms with Crippen molar-refractivity contribution in [3.8, 4) is 5.75 Å². The minimum atomic E-state index is -0.658. The molecule has 1 atom stereocenters. The highest BCUT2D eigenvalue weighted by atomic mass is 79.9. The highest BCUT2D eigenvalue weighted by Crippen LogP contribution is 2.33. The van der Waals surface area contributed by atoms with Gasteiger partial charge in [-0.15, -0.1) is 0 Å². The Morgan fingerprint density at radius 1 is 1.09 bits per heavy atom. The monoisotopic (exact) mass is 564 g/mol. The van der Waals surface area contributed by atoms with Crippen molar-refractivity contribution in [2.24, 2.45) is 0 Å². The second-order valence-corrected chi connectivity index (χ2v) is 9.50. The van der Waals surface area contributed by atoms with Crippen molar-refractivity contribution < 1.29 is 14.3 Å². The minimum Gasteiger partial charge on any atom is -0.483 e. The molecule has 1 N–H and O–H groups in total. The maximum atomic E-state index is 13.4. The maximum absolute atomic E-state index is 13.4. The first kappa shape index (κ1) is 26.3. The molecule has 3 aromatic carbocycles. The predicted molar refractivity (Wildman–Crippen MR) is 142 cm³/mol. The first-order valence-corrected chi connectivity index (χ1v) is 12.7. The number of fused-ring (bicyclic) bond motifs is 1. The molecule has 3 rings (SSSR count). The highest BCUT2D eigenvalue weighted by molar-refractivity contribution is 9.10. The second-order valence-electron chi connectivity index (χ2n) is 7.86. The average Bonchev–Trinajstić information content (AvgIpc) is 2.83. The molecular formula is C26H27BrCl2N2O3. The van der Waals surface area contributed by atoms with E-state index in [1.54, 1.807) is 18.2 Å². The van der Waals surface area contributed by atoms with Crippen molar-refractivity contribution in [3.05, 3.63) is 74.7 Å². The van der Waals surface area contributed by atoms with Gasteiger partial charge in [-0.25, -0.2) is 0 Å². The number of amides is 2. The van der Waals surface area contributed by atoms with Crippen LogP contribution in [0.5, 0.6) is 5.75 Å². The summed E-state index contributed by atoms with van der Waals surface area (Å²) in [6.07, 6.45) is 1.25. The van der Waals surface area contributed by atoms with Gasteiger partial charge >= 0.3 is 0 Å². The summed E-state index contributed by atoms with van der Waals surface area (Å²) < 4.78 is 6.68. The number of nitrogens with one attached hydrogen (secondary N) is 1. The Bertz CT molecular complexity index is 1170. The molecule has 180 valence electrons. The van der Waals surface area contributed by atoms with Crippen LogP contribution in [-0.4, -0.2) is 35.9 Å². The molecule has 34 heavy (non-hydrogen) atoms. The van der Waals surface area contributed by atoms with E-state index < -0.39 is 6.04 Å². The fraction of sp³-hybridized carbons (Fsp3) is 0.308. The molecule has 0 aliphatic carbocycles. The molecule has 0 saturated carbocycles. The lowest BCUT2D eigenvalue weighted by Gasteiger charge is -2.31. The van der Waals surface area contributed by atoms with Gasteiger partial charge in [-0.05, 0) is 63.3 Å². The molecule has 0 aliphatic heterocycles. The van der Waals surface area contributed by atoms with Crippen molar-refractivity contribution >= 4 is 61.7 Å². The second kappa shape index (κ2) is 12.4. The number of halogens is 3. The van der Waals surface area contributed by atoms with Crippen molar-refractivity contribution in [1.29, 1.82) is 0 Å². The lowest BCUT2D eigenvalue weighted by atomic mass is 10.1. The van der Waals surface area contributed by atoms with Crippen LogP contribution in [0.25, 0.3) is 10.8 Å². The summed E-state index contributed by atoms with van der Waals surface area (Å²) in [5.74, 6) is 0.0410. The van der Waals surface area contributed by atoms with E-state index in [4.69, 9.17) is 27.9 Å². The van der Waals surface area contributed by atoms with Crippen LogP contribution in [0.1, 0.15) is 32.3 Å². The first-order valence-electron chi connectivity index (χ1n) is 11.2. The molecule has 0 saturated heterocycles. The van der Waals surface area contributed by atoms with E-state index in [2.05, 4.69) is 21.2 Å². The van der Waals surface area contributed by atoms with Gasteiger partial charge in [-0.3, -0.25) is 9.59 Å². The van der Waals surface area contributed by atoms with Crippen LogP contribution in [-0.2, 0) is 16.1 Å². The molecule has 0 spiro atoms. The Morgan fingerprint density at radius 2 is 1.85 bits per heavy atom. The quantitative estimate of drug-likeness (QED) is 0.300. The van der Waals surface area contributed by atoms with Crippen LogP contribution in [0.3, 0.4) is 0 Å². The Balaban J connectivity index is 1.84. The fourth-order valence-electron chi connectivity index (χ4n) is 3.67. The van der Waals surface area contributed by atoms with Crippen molar-refractivity contribution in [2.45, 2.75) is 39.3 Å². The molecule has 2 amide bonds. The third kappa shape index (κ3) is 6.44. The number of carbonyl (C=O) groups excluding carboxylic acids is 2. The van der Waals surface area contributed by atoms with Gasteiger partial charge in [-0.2, -0.15) is 0 Å². The molecule has 0 radical (unpaired) electrons. The van der Waals surface area contributed by atoms with Crippen LogP contribution in [0.4, 0.5) is 0 Å². The van der Waals surface area contributed by atoms with Crippen LogP contribution < -0.4 is 10.1 Å². The Morgan fingerprint density at radius 3 is 2.56 bits per heavy atom. The topological polar surface area (TPSA) is 58.6 Å². The van der Waals surface area contributed by atoms with E-state index in [0.717, 1.165) is 21.7 Å². The zero-order chi connectivity index (χ0) is 24.7. The summed E-state index contributed by atoms with van der Waals surface area (Å²) in [6, 6.07) is 16.1. The van der Waals surface area contributed by atoms with Gasteiger partial charge < -0.3 is 15.0 Å². The zero-order valence-corrected chi connectivity index (χ0v) is 22.2. The summed E-state index contributed by atoms with van der Waals surface area (Å²) in [5.41, 5.74) is 0.702. The van der Waals surface area contributed by atoms with Gasteiger partial charge in [-0.1, -0.05) is 73.4 Å². The number of hydrogen-bond acceptors (Lipinski definition) is 3. The van der Waals surface area contributed by atoms with Gasteiger partial charge in [0.2, 0.25) is 5.91 Å². The van der Waals surface area contributed by atoms with Gasteiger partial charge in [0, 0.05) is 23.1 Å². The SMILES string of the molecule is CCCNC(=O)[C@H](CC)N(Cc1ccc(Cl)cc1Cl)C(=O)COc1ccc2ccccc2c1Br.